The van der Waals surface area contributed by atoms with Crippen molar-refractivity contribution in [3.05, 3.63) is 95.6 Å². The van der Waals surface area contributed by atoms with Gasteiger partial charge in [-0.25, -0.2) is 17.6 Å². The highest BCUT2D eigenvalue weighted by Gasteiger charge is 2.62. The predicted octanol–water partition coefficient (Wildman–Crippen LogP) is 3.27. The molecule has 5 N–H and O–H groups in total. The largest absolute Gasteiger partial charge is 0.481 e. The van der Waals surface area contributed by atoms with Crippen molar-refractivity contribution in [2.24, 2.45) is 11.8 Å². The lowest BCUT2D eigenvalue weighted by atomic mass is 9.77. The highest BCUT2D eigenvalue weighted by atomic mass is 19.3. The van der Waals surface area contributed by atoms with E-state index in [1.807, 2.05) is 0 Å². The summed E-state index contributed by atoms with van der Waals surface area (Å²) in [5.74, 6) is -7.86. The molecule has 0 radical (unpaired) electrons. The van der Waals surface area contributed by atoms with Crippen LogP contribution in [-0.4, -0.2) is 68.4 Å². The summed E-state index contributed by atoms with van der Waals surface area (Å²) in [7, 11) is 0. The van der Waals surface area contributed by atoms with Crippen LogP contribution in [0.5, 0.6) is 5.75 Å². The number of benzene rings is 3. The van der Waals surface area contributed by atoms with Crippen molar-refractivity contribution in [3.8, 4) is 5.75 Å². The molecule has 2 fully saturated rings. The number of carbonyl (C=O) groups is 1. The molecule has 43 heavy (non-hydrogen) atoms. The van der Waals surface area contributed by atoms with Crippen LogP contribution in [0.15, 0.2) is 72.8 Å². The first kappa shape index (κ1) is 30.9. The zero-order valence-corrected chi connectivity index (χ0v) is 22.7. The molecule has 0 spiro atoms. The van der Waals surface area contributed by atoms with Gasteiger partial charge in [-0.15, -0.1) is 0 Å². The lowest BCUT2D eigenvalue weighted by molar-refractivity contribution is -0.266. The van der Waals surface area contributed by atoms with Crippen LogP contribution in [0.2, 0.25) is 0 Å². The number of carbonyl (C=O) groups excluding carboxylic acids is 1. The standard InChI is InChI=1S/C31H31F4NO7/c32-18-5-1-16(2-6-18)24(38)14-13-22-25(36(30(22)42)20-9-7-19(33)8-10-20)17-3-11-21(12-4-17)43-29-28(41)27(40)26(39)23(15-37)31(29,34)35/h1-12,22-29,37-41H,13-15H2/t22-,23-,24+,25-,26-,27+,28-,29+/m1/s1. The zero-order chi connectivity index (χ0) is 31.1. The van der Waals surface area contributed by atoms with Crippen molar-refractivity contribution >= 4 is 11.6 Å². The zero-order valence-electron chi connectivity index (χ0n) is 22.7. The van der Waals surface area contributed by atoms with Crippen LogP contribution in [0.4, 0.5) is 23.2 Å². The number of β-lactam (4-membered cyclic amide) rings is 1. The summed E-state index contributed by atoms with van der Waals surface area (Å²) in [5, 5.41) is 50.2. The quantitative estimate of drug-likeness (QED) is 0.187. The maximum absolute atomic E-state index is 15.0. The summed E-state index contributed by atoms with van der Waals surface area (Å²) in [6, 6.07) is 15.9. The smallest absolute Gasteiger partial charge is 0.294 e. The Hall–Kier alpha value is -3.55. The van der Waals surface area contributed by atoms with Gasteiger partial charge in [0.1, 0.15) is 29.6 Å². The van der Waals surface area contributed by atoms with Crippen molar-refractivity contribution in [1.82, 2.24) is 0 Å². The van der Waals surface area contributed by atoms with Gasteiger partial charge in [0.15, 0.2) is 6.10 Å². The van der Waals surface area contributed by atoms with Gasteiger partial charge in [-0.1, -0.05) is 24.3 Å². The van der Waals surface area contributed by atoms with Gasteiger partial charge in [0.05, 0.1) is 36.7 Å². The number of aliphatic hydroxyl groups excluding tert-OH is 5. The number of ether oxygens (including phenoxy) is 1. The Morgan fingerprint density at radius 1 is 0.837 bits per heavy atom. The number of halogens is 4. The Morgan fingerprint density at radius 2 is 1.42 bits per heavy atom. The molecule has 1 heterocycles. The van der Waals surface area contributed by atoms with Crippen LogP contribution in [0.25, 0.3) is 0 Å². The SMILES string of the molecule is O=C1[C@H](CC[C@H](O)c2ccc(F)cc2)[C@@H](c2ccc(O[C@H]3[C@H](O)[C@@H](O)[C@H](O)[C@@H](CO)C3(F)F)cc2)N1c1ccc(F)cc1. The topological polar surface area (TPSA) is 131 Å². The monoisotopic (exact) mass is 605 g/mol. The maximum Gasteiger partial charge on any atom is 0.294 e. The number of nitrogens with zero attached hydrogens (tertiary/aromatic N) is 1. The number of alkyl halides is 2. The molecular formula is C31H31F4NO7. The van der Waals surface area contributed by atoms with Gasteiger partial charge < -0.3 is 35.2 Å². The molecule has 0 aromatic heterocycles. The summed E-state index contributed by atoms with van der Waals surface area (Å²) >= 11 is 0. The molecule has 3 aromatic carbocycles. The molecule has 1 saturated carbocycles. The van der Waals surface area contributed by atoms with Crippen molar-refractivity contribution in [2.75, 3.05) is 11.5 Å². The van der Waals surface area contributed by atoms with E-state index < -0.39 is 72.6 Å². The van der Waals surface area contributed by atoms with Crippen molar-refractivity contribution in [1.29, 1.82) is 0 Å². The highest BCUT2D eigenvalue weighted by Crippen LogP contribution is 2.47. The van der Waals surface area contributed by atoms with E-state index >= 15 is 0 Å². The second-order valence-electron chi connectivity index (χ2n) is 10.9. The van der Waals surface area contributed by atoms with Gasteiger partial charge in [-0.3, -0.25) is 4.79 Å². The molecule has 1 amide bonds. The summed E-state index contributed by atoms with van der Waals surface area (Å²) in [6.45, 7) is -1.15. The van der Waals surface area contributed by atoms with Crippen LogP contribution in [0.3, 0.4) is 0 Å². The number of hydrogen-bond acceptors (Lipinski definition) is 7. The van der Waals surface area contributed by atoms with E-state index in [0.717, 1.165) is 0 Å². The van der Waals surface area contributed by atoms with Crippen molar-refractivity contribution in [2.45, 2.75) is 55.3 Å². The second kappa shape index (κ2) is 12.2. The average molecular weight is 606 g/mol. The Morgan fingerprint density at radius 3 is 2.00 bits per heavy atom. The van der Waals surface area contributed by atoms with E-state index in [1.165, 1.54) is 77.7 Å². The maximum atomic E-state index is 15.0. The third-order valence-corrected chi connectivity index (χ3v) is 8.30. The fourth-order valence-electron chi connectivity index (χ4n) is 5.84. The molecular weight excluding hydrogens is 574 g/mol. The second-order valence-corrected chi connectivity index (χ2v) is 10.9. The van der Waals surface area contributed by atoms with Gasteiger partial charge in [-0.2, -0.15) is 0 Å². The third-order valence-electron chi connectivity index (χ3n) is 8.30. The van der Waals surface area contributed by atoms with Gasteiger partial charge in [-0.05, 0) is 72.5 Å². The van der Waals surface area contributed by atoms with E-state index in [0.29, 0.717) is 16.8 Å². The fourth-order valence-corrected chi connectivity index (χ4v) is 5.84. The first-order valence-corrected chi connectivity index (χ1v) is 13.8. The number of rotatable bonds is 9. The fraction of sp³-hybridized carbons (Fsp3) is 0.387. The number of hydrogen-bond donors (Lipinski definition) is 5. The summed E-state index contributed by atoms with van der Waals surface area (Å²) in [5.41, 5.74) is 1.50. The molecule has 1 aliphatic carbocycles. The molecule has 230 valence electrons. The molecule has 0 unspecified atom stereocenters. The van der Waals surface area contributed by atoms with Crippen LogP contribution in [-0.2, 0) is 4.79 Å². The molecule has 1 aliphatic heterocycles. The summed E-state index contributed by atoms with van der Waals surface area (Å²) < 4.78 is 62.2. The molecule has 8 nitrogen and oxygen atoms in total. The average Bonchev–Trinajstić information content (AvgIpc) is 2.99. The highest BCUT2D eigenvalue weighted by molar-refractivity contribution is 6.03. The minimum Gasteiger partial charge on any atom is -0.481 e. The Kier molecular flexibility index (Phi) is 8.77. The van der Waals surface area contributed by atoms with Crippen LogP contribution >= 0.6 is 0 Å². The molecule has 0 bridgehead atoms. The van der Waals surface area contributed by atoms with E-state index in [-0.39, 0.29) is 24.5 Å². The molecule has 5 rings (SSSR count). The summed E-state index contributed by atoms with van der Waals surface area (Å²) in [4.78, 5) is 14.7. The number of aliphatic hydroxyl groups is 5. The number of amides is 1. The van der Waals surface area contributed by atoms with Crippen LogP contribution < -0.4 is 9.64 Å². The first-order valence-electron chi connectivity index (χ1n) is 13.8. The lowest BCUT2D eigenvalue weighted by Crippen LogP contribution is -2.67. The Bertz CT molecular complexity index is 1410. The van der Waals surface area contributed by atoms with Gasteiger partial charge >= 0.3 is 0 Å². The van der Waals surface area contributed by atoms with E-state index in [4.69, 9.17) is 4.74 Å². The molecule has 8 atom stereocenters. The molecule has 12 heteroatoms. The Labute approximate surface area is 244 Å². The van der Waals surface area contributed by atoms with E-state index in [1.54, 1.807) is 0 Å². The predicted molar refractivity (Wildman–Crippen MR) is 145 cm³/mol. The van der Waals surface area contributed by atoms with E-state index in [2.05, 4.69) is 0 Å². The van der Waals surface area contributed by atoms with Gasteiger partial charge in [0, 0.05) is 5.69 Å². The summed E-state index contributed by atoms with van der Waals surface area (Å²) in [6.07, 6.45) is -8.97. The third kappa shape index (κ3) is 5.85. The van der Waals surface area contributed by atoms with Gasteiger partial charge in [0.2, 0.25) is 5.91 Å². The molecule has 2 aliphatic rings. The Balaban J connectivity index is 1.37. The number of anilines is 1. The normalized spacial score (nSPS) is 29.2. The van der Waals surface area contributed by atoms with Crippen molar-refractivity contribution in [3.63, 3.8) is 0 Å². The van der Waals surface area contributed by atoms with E-state index in [9.17, 15) is 47.9 Å². The van der Waals surface area contributed by atoms with Crippen LogP contribution in [0, 0.1) is 23.5 Å². The minimum absolute atomic E-state index is 0.102. The van der Waals surface area contributed by atoms with Crippen LogP contribution in [0.1, 0.15) is 36.1 Å². The lowest BCUT2D eigenvalue weighted by Gasteiger charge is -2.48. The molecule has 3 aromatic rings. The van der Waals surface area contributed by atoms with Gasteiger partial charge in [0.25, 0.3) is 5.92 Å². The first-order chi connectivity index (χ1) is 20.4. The van der Waals surface area contributed by atoms with Crippen molar-refractivity contribution < 1.29 is 52.6 Å². The molecule has 1 saturated heterocycles. The minimum atomic E-state index is -3.89.